The number of rotatable bonds is 0. The third-order valence-corrected chi connectivity index (χ3v) is 4.69. The Balaban J connectivity index is 2.49. The third-order valence-electron chi connectivity index (χ3n) is 3.59. The Morgan fingerprint density at radius 1 is 0.632 bits per heavy atom. The van der Waals surface area contributed by atoms with Crippen LogP contribution >= 0.6 is 34.8 Å². The highest BCUT2D eigenvalue weighted by Crippen LogP contribution is 2.44. The molecule has 3 heteroatoms. The van der Waals surface area contributed by atoms with E-state index in [1.807, 2.05) is 24.3 Å². The van der Waals surface area contributed by atoms with Crippen molar-refractivity contribution in [3.63, 3.8) is 0 Å². The molecular weight excluding hydrogens is 299 g/mol. The monoisotopic (exact) mass is 304 g/mol. The van der Waals surface area contributed by atoms with Crippen molar-refractivity contribution in [2.75, 3.05) is 0 Å². The van der Waals surface area contributed by atoms with Crippen LogP contribution in [0.4, 0.5) is 0 Å². The summed E-state index contributed by atoms with van der Waals surface area (Å²) >= 11 is 19.0. The van der Waals surface area contributed by atoms with Gasteiger partial charge in [-0.05, 0) is 33.7 Å². The van der Waals surface area contributed by atoms with E-state index in [4.69, 9.17) is 34.8 Å². The first-order valence-electron chi connectivity index (χ1n) is 5.88. The zero-order valence-corrected chi connectivity index (χ0v) is 11.9. The molecule has 0 spiro atoms. The van der Waals surface area contributed by atoms with Gasteiger partial charge in [0.2, 0.25) is 0 Å². The maximum Gasteiger partial charge on any atom is 0.0677 e. The Bertz CT molecular complexity index is 941. The highest BCUT2D eigenvalue weighted by molar-refractivity contribution is 6.51. The van der Waals surface area contributed by atoms with Gasteiger partial charge in [-0.25, -0.2) is 0 Å². The van der Waals surface area contributed by atoms with Gasteiger partial charge in [0, 0.05) is 15.8 Å². The van der Waals surface area contributed by atoms with Gasteiger partial charge in [0.1, 0.15) is 0 Å². The molecule has 0 radical (unpaired) electrons. The minimum atomic E-state index is 0.570. The van der Waals surface area contributed by atoms with Gasteiger partial charge in [0.05, 0.1) is 10.0 Å². The molecule has 0 aromatic heterocycles. The second-order valence-corrected chi connectivity index (χ2v) is 5.84. The van der Waals surface area contributed by atoms with Crippen molar-refractivity contribution in [2.24, 2.45) is 0 Å². The van der Waals surface area contributed by atoms with E-state index >= 15 is 0 Å². The van der Waals surface area contributed by atoms with E-state index in [0.29, 0.717) is 15.1 Å². The molecule has 0 nitrogen and oxygen atoms in total. The van der Waals surface area contributed by atoms with Crippen LogP contribution in [-0.2, 0) is 0 Å². The van der Waals surface area contributed by atoms with Gasteiger partial charge in [0.25, 0.3) is 0 Å². The maximum atomic E-state index is 6.41. The predicted octanol–water partition coefficient (Wildman–Crippen LogP) is 6.54. The molecule has 0 heterocycles. The summed E-state index contributed by atoms with van der Waals surface area (Å²) in [7, 11) is 0. The van der Waals surface area contributed by atoms with E-state index in [9.17, 15) is 0 Å². The lowest BCUT2D eigenvalue weighted by molar-refractivity contribution is 1.77. The highest BCUT2D eigenvalue weighted by atomic mass is 35.5. The Morgan fingerprint density at radius 3 is 2.16 bits per heavy atom. The van der Waals surface area contributed by atoms with E-state index in [1.54, 1.807) is 0 Å². The molecule has 0 unspecified atom stereocenters. The van der Waals surface area contributed by atoms with Crippen molar-refractivity contribution in [3.8, 4) is 0 Å². The number of hydrogen-bond donors (Lipinski definition) is 0. The first-order valence-corrected chi connectivity index (χ1v) is 7.01. The summed E-state index contributed by atoms with van der Waals surface area (Å²) in [5.74, 6) is 0. The second-order valence-electron chi connectivity index (χ2n) is 4.65. The van der Waals surface area contributed by atoms with Crippen molar-refractivity contribution in [1.82, 2.24) is 0 Å². The van der Waals surface area contributed by atoms with Crippen LogP contribution in [0.5, 0.6) is 0 Å². The van der Waals surface area contributed by atoms with Crippen LogP contribution < -0.4 is 0 Å². The average Bonchev–Trinajstić information content (AvgIpc) is 2.42. The zero-order valence-electron chi connectivity index (χ0n) is 9.68. The number of benzene rings is 4. The topological polar surface area (TPSA) is 0 Å². The van der Waals surface area contributed by atoms with Gasteiger partial charge in [-0.1, -0.05) is 65.1 Å². The lowest BCUT2D eigenvalue weighted by Crippen LogP contribution is -1.86. The fourth-order valence-corrected chi connectivity index (χ4v) is 3.54. The number of halogens is 3. The van der Waals surface area contributed by atoms with E-state index in [1.165, 1.54) is 0 Å². The molecule has 4 aromatic carbocycles. The standard InChI is InChI=1S/C16H7Cl3/c17-10-6-9-5-4-8-2-1-3-11-13(8)14(9)12(7-10)16(19)15(11)18/h1-7H. The predicted molar refractivity (Wildman–Crippen MR) is 85.2 cm³/mol. The molecule has 0 fully saturated rings. The molecule has 0 saturated heterocycles. The van der Waals surface area contributed by atoms with Gasteiger partial charge < -0.3 is 0 Å². The molecule has 0 saturated carbocycles. The summed E-state index contributed by atoms with van der Waals surface area (Å²) in [4.78, 5) is 0. The lowest BCUT2D eigenvalue weighted by Gasteiger charge is -2.14. The fraction of sp³-hybridized carbons (Fsp3) is 0. The minimum absolute atomic E-state index is 0.570. The van der Waals surface area contributed by atoms with Crippen LogP contribution in [0, 0.1) is 0 Å². The van der Waals surface area contributed by atoms with Crippen LogP contribution in [0.1, 0.15) is 0 Å². The number of hydrogen-bond acceptors (Lipinski definition) is 0. The summed E-state index contributed by atoms with van der Waals surface area (Å²) < 4.78 is 0. The Labute approximate surface area is 124 Å². The van der Waals surface area contributed by atoms with Crippen molar-refractivity contribution in [1.29, 1.82) is 0 Å². The molecule has 92 valence electrons. The van der Waals surface area contributed by atoms with Crippen molar-refractivity contribution >= 4 is 67.1 Å². The molecule has 0 aliphatic heterocycles. The van der Waals surface area contributed by atoms with Crippen LogP contribution in [0.3, 0.4) is 0 Å². The van der Waals surface area contributed by atoms with Crippen LogP contribution in [0.25, 0.3) is 32.3 Å². The van der Waals surface area contributed by atoms with Crippen LogP contribution in [0.2, 0.25) is 15.1 Å². The summed E-state index contributed by atoms with van der Waals surface area (Å²) in [5.41, 5.74) is 0. The van der Waals surface area contributed by atoms with Gasteiger partial charge in [0.15, 0.2) is 0 Å². The summed E-state index contributed by atoms with van der Waals surface area (Å²) in [6, 6.07) is 14.1. The molecule has 0 N–H and O–H groups in total. The fourth-order valence-electron chi connectivity index (χ4n) is 2.80. The molecule has 0 bridgehead atoms. The summed E-state index contributed by atoms with van der Waals surface area (Å²) in [6.07, 6.45) is 0. The molecule has 0 aliphatic rings. The highest BCUT2D eigenvalue weighted by Gasteiger charge is 2.15. The average molecular weight is 306 g/mol. The van der Waals surface area contributed by atoms with E-state index in [2.05, 4.69) is 18.2 Å². The molecule has 4 rings (SSSR count). The molecule has 4 aromatic rings. The van der Waals surface area contributed by atoms with E-state index in [-0.39, 0.29) is 0 Å². The maximum absolute atomic E-state index is 6.41. The molecular formula is C16H7Cl3. The van der Waals surface area contributed by atoms with E-state index < -0.39 is 0 Å². The summed E-state index contributed by atoms with van der Waals surface area (Å²) in [5, 5.41) is 8.27. The first kappa shape index (κ1) is 11.6. The minimum Gasteiger partial charge on any atom is -0.0843 e. The lowest BCUT2D eigenvalue weighted by atomic mass is 9.94. The molecule has 0 aliphatic carbocycles. The largest absolute Gasteiger partial charge is 0.0843 e. The zero-order chi connectivity index (χ0) is 13.1. The van der Waals surface area contributed by atoms with Gasteiger partial charge >= 0.3 is 0 Å². The van der Waals surface area contributed by atoms with Gasteiger partial charge in [-0.15, -0.1) is 0 Å². The Kier molecular flexibility index (Phi) is 2.38. The smallest absolute Gasteiger partial charge is 0.0677 e. The van der Waals surface area contributed by atoms with Crippen molar-refractivity contribution < 1.29 is 0 Å². The second kappa shape index (κ2) is 3.89. The van der Waals surface area contributed by atoms with Crippen LogP contribution in [-0.4, -0.2) is 0 Å². The normalized spacial score (nSPS) is 11.9. The van der Waals surface area contributed by atoms with Crippen LogP contribution in [0.15, 0.2) is 42.5 Å². The molecule has 0 atom stereocenters. The van der Waals surface area contributed by atoms with Crippen molar-refractivity contribution in [3.05, 3.63) is 57.5 Å². The molecule has 0 amide bonds. The quantitative estimate of drug-likeness (QED) is 0.323. The van der Waals surface area contributed by atoms with Crippen molar-refractivity contribution in [2.45, 2.75) is 0 Å². The molecule has 19 heavy (non-hydrogen) atoms. The summed E-state index contributed by atoms with van der Waals surface area (Å²) in [6.45, 7) is 0. The Hall–Kier alpha value is -1.21. The van der Waals surface area contributed by atoms with E-state index in [0.717, 1.165) is 32.3 Å². The SMILES string of the molecule is Clc1cc2ccc3cccc4c(Cl)c(Cl)c(c1)c2c34. The Morgan fingerprint density at radius 2 is 1.32 bits per heavy atom. The van der Waals surface area contributed by atoms with Gasteiger partial charge in [-0.2, -0.15) is 0 Å². The third kappa shape index (κ3) is 1.48. The first-order chi connectivity index (χ1) is 9.16. The van der Waals surface area contributed by atoms with Gasteiger partial charge in [-0.3, -0.25) is 0 Å².